The zero-order valence-corrected chi connectivity index (χ0v) is 15.2. The first-order valence-corrected chi connectivity index (χ1v) is 8.79. The van der Waals surface area contributed by atoms with E-state index in [4.69, 9.17) is 4.74 Å². The van der Waals surface area contributed by atoms with Crippen molar-refractivity contribution in [3.63, 3.8) is 0 Å². The number of benzene rings is 1. The van der Waals surface area contributed by atoms with Crippen LogP contribution >= 0.6 is 0 Å². The van der Waals surface area contributed by atoms with E-state index >= 15 is 0 Å². The van der Waals surface area contributed by atoms with Crippen LogP contribution in [0, 0.1) is 11.8 Å². The van der Waals surface area contributed by atoms with Gasteiger partial charge >= 0.3 is 0 Å². The van der Waals surface area contributed by atoms with Gasteiger partial charge in [0.05, 0.1) is 24.1 Å². The number of hydrogen-bond donors (Lipinski definition) is 0. The molecule has 26 heavy (non-hydrogen) atoms. The molecule has 2 aromatic heterocycles. The molecule has 0 spiro atoms. The minimum Gasteiger partial charge on any atom is -0.493 e. The molecule has 0 aliphatic rings. The average molecular weight is 359 g/mol. The van der Waals surface area contributed by atoms with Crippen LogP contribution in [0.15, 0.2) is 42.7 Å². The van der Waals surface area contributed by atoms with Crippen molar-refractivity contribution in [2.75, 3.05) is 6.61 Å². The third-order valence-electron chi connectivity index (χ3n) is 4.23. The summed E-state index contributed by atoms with van der Waals surface area (Å²) in [7, 11) is 0. The molecule has 138 valence electrons. The maximum atomic E-state index is 13.6. The topological polar surface area (TPSA) is 39.4 Å². The van der Waals surface area contributed by atoms with Gasteiger partial charge in [-0.1, -0.05) is 20.8 Å². The SMILES string of the molecule is CC(C)C[C@H](C)COc1ccc(-c2ccnc3ccnn23)cc1C(F)F. The summed E-state index contributed by atoms with van der Waals surface area (Å²) in [6.07, 6.45) is 1.66. The Morgan fingerprint density at radius 2 is 1.88 bits per heavy atom. The zero-order chi connectivity index (χ0) is 18.7. The Morgan fingerprint density at radius 1 is 1.08 bits per heavy atom. The Bertz CT molecular complexity index is 876. The van der Waals surface area contributed by atoms with E-state index in [0.29, 0.717) is 35.3 Å². The van der Waals surface area contributed by atoms with E-state index in [-0.39, 0.29) is 11.3 Å². The summed E-state index contributed by atoms with van der Waals surface area (Å²) in [6.45, 7) is 6.78. The standard InChI is InChI=1S/C20H23F2N3O/c1-13(2)10-14(3)12-26-18-5-4-15(11-16(18)20(21)22)17-6-8-23-19-7-9-24-25(17)19/h4-9,11,13-14,20H,10,12H2,1-3H3/t14-/m0/s1. The molecule has 0 fully saturated rings. The van der Waals surface area contributed by atoms with Crippen LogP contribution in [-0.2, 0) is 0 Å². The predicted octanol–water partition coefficient (Wildman–Crippen LogP) is 5.39. The van der Waals surface area contributed by atoms with E-state index in [2.05, 4.69) is 30.9 Å². The lowest BCUT2D eigenvalue weighted by atomic mass is 10.00. The minimum atomic E-state index is -2.61. The molecule has 0 saturated carbocycles. The molecular formula is C20H23F2N3O. The van der Waals surface area contributed by atoms with Gasteiger partial charge < -0.3 is 4.74 Å². The number of rotatable bonds is 7. The number of alkyl halides is 2. The van der Waals surface area contributed by atoms with E-state index in [9.17, 15) is 8.78 Å². The minimum absolute atomic E-state index is 0.101. The van der Waals surface area contributed by atoms with Crippen molar-refractivity contribution in [3.8, 4) is 17.0 Å². The van der Waals surface area contributed by atoms with E-state index < -0.39 is 6.43 Å². The monoisotopic (exact) mass is 359 g/mol. The molecule has 4 nitrogen and oxygen atoms in total. The third kappa shape index (κ3) is 4.00. The van der Waals surface area contributed by atoms with E-state index in [1.165, 1.54) is 6.07 Å². The molecule has 1 aromatic carbocycles. The summed E-state index contributed by atoms with van der Waals surface area (Å²) < 4.78 is 34.5. The first-order chi connectivity index (χ1) is 12.5. The third-order valence-corrected chi connectivity index (χ3v) is 4.23. The molecule has 0 N–H and O–H groups in total. The summed E-state index contributed by atoms with van der Waals surface area (Å²) >= 11 is 0. The van der Waals surface area contributed by atoms with Crippen LogP contribution in [-0.4, -0.2) is 21.2 Å². The lowest BCUT2D eigenvalue weighted by Crippen LogP contribution is -2.12. The van der Waals surface area contributed by atoms with E-state index in [1.54, 1.807) is 41.2 Å². The van der Waals surface area contributed by atoms with E-state index in [1.807, 2.05) is 0 Å². The Kier molecular flexibility index (Phi) is 5.49. The summed E-state index contributed by atoms with van der Waals surface area (Å²) in [4.78, 5) is 4.20. The number of halogens is 2. The molecule has 0 saturated heterocycles. The Morgan fingerprint density at radius 3 is 2.62 bits per heavy atom. The van der Waals surface area contributed by atoms with Crippen LogP contribution in [0.25, 0.3) is 16.9 Å². The largest absolute Gasteiger partial charge is 0.493 e. The fourth-order valence-corrected chi connectivity index (χ4v) is 3.17. The maximum Gasteiger partial charge on any atom is 0.267 e. The molecular weight excluding hydrogens is 336 g/mol. The molecule has 0 radical (unpaired) electrons. The summed E-state index contributed by atoms with van der Waals surface area (Å²) in [5.74, 6) is 1.10. The van der Waals surface area contributed by atoms with Gasteiger partial charge in [-0.05, 0) is 42.5 Å². The number of hydrogen-bond acceptors (Lipinski definition) is 3. The van der Waals surface area contributed by atoms with Gasteiger partial charge in [-0.3, -0.25) is 0 Å². The highest BCUT2D eigenvalue weighted by Crippen LogP contribution is 2.33. The van der Waals surface area contributed by atoms with Crippen LogP contribution in [0.2, 0.25) is 0 Å². The molecule has 1 atom stereocenters. The lowest BCUT2D eigenvalue weighted by molar-refractivity contribution is 0.142. The number of aromatic nitrogens is 3. The fraction of sp³-hybridized carbons (Fsp3) is 0.400. The van der Waals surface area contributed by atoms with Crippen molar-refractivity contribution in [1.29, 1.82) is 0 Å². The lowest BCUT2D eigenvalue weighted by Gasteiger charge is -2.17. The quantitative estimate of drug-likeness (QED) is 0.567. The fourth-order valence-electron chi connectivity index (χ4n) is 3.17. The highest BCUT2D eigenvalue weighted by Gasteiger charge is 2.18. The van der Waals surface area contributed by atoms with Gasteiger partial charge in [-0.2, -0.15) is 5.10 Å². The van der Waals surface area contributed by atoms with Crippen molar-refractivity contribution in [3.05, 3.63) is 48.3 Å². The van der Waals surface area contributed by atoms with Crippen LogP contribution in [0.4, 0.5) is 8.78 Å². The van der Waals surface area contributed by atoms with Crippen molar-refractivity contribution in [2.45, 2.75) is 33.6 Å². The van der Waals surface area contributed by atoms with Crippen LogP contribution in [0.5, 0.6) is 5.75 Å². The van der Waals surface area contributed by atoms with Gasteiger partial charge in [-0.25, -0.2) is 18.3 Å². The van der Waals surface area contributed by atoms with Crippen molar-refractivity contribution >= 4 is 5.65 Å². The normalized spacial score (nSPS) is 12.9. The Balaban J connectivity index is 1.89. The smallest absolute Gasteiger partial charge is 0.267 e. The maximum absolute atomic E-state index is 13.6. The van der Waals surface area contributed by atoms with Crippen molar-refractivity contribution < 1.29 is 13.5 Å². The molecule has 0 bridgehead atoms. The second-order valence-electron chi connectivity index (χ2n) is 7.03. The Hall–Kier alpha value is -2.50. The number of ether oxygens (including phenoxy) is 1. The molecule has 3 rings (SSSR count). The zero-order valence-electron chi connectivity index (χ0n) is 15.2. The van der Waals surface area contributed by atoms with Gasteiger partial charge in [-0.15, -0.1) is 0 Å². The molecule has 6 heteroatoms. The van der Waals surface area contributed by atoms with Crippen LogP contribution in [0.3, 0.4) is 0 Å². The number of nitrogens with zero attached hydrogens (tertiary/aromatic N) is 3. The van der Waals surface area contributed by atoms with E-state index in [0.717, 1.165) is 6.42 Å². The molecule has 0 unspecified atom stereocenters. The van der Waals surface area contributed by atoms with Crippen LogP contribution < -0.4 is 4.74 Å². The molecule has 3 aromatic rings. The second kappa shape index (κ2) is 7.81. The molecule has 0 amide bonds. The first kappa shape index (κ1) is 18.3. The highest BCUT2D eigenvalue weighted by atomic mass is 19.3. The van der Waals surface area contributed by atoms with Gasteiger partial charge in [0.2, 0.25) is 0 Å². The summed E-state index contributed by atoms with van der Waals surface area (Å²) in [5.41, 5.74) is 1.93. The van der Waals surface area contributed by atoms with Crippen molar-refractivity contribution in [2.24, 2.45) is 11.8 Å². The first-order valence-electron chi connectivity index (χ1n) is 8.79. The summed E-state index contributed by atoms with van der Waals surface area (Å²) in [6, 6.07) is 8.41. The van der Waals surface area contributed by atoms with Gasteiger partial charge in [0.25, 0.3) is 6.43 Å². The summed E-state index contributed by atoms with van der Waals surface area (Å²) in [5, 5.41) is 4.21. The number of fused-ring (bicyclic) bond motifs is 1. The Labute approximate surface area is 151 Å². The van der Waals surface area contributed by atoms with Crippen LogP contribution in [0.1, 0.15) is 39.2 Å². The second-order valence-corrected chi connectivity index (χ2v) is 7.03. The van der Waals surface area contributed by atoms with Gasteiger partial charge in [0.15, 0.2) is 5.65 Å². The molecule has 0 aliphatic heterocycles. The van der Waals surface area contributed by atoms with Gasteiger partial charge in [0.1, 0.15) is 5.75 Å². The van der Waals surface area contributed by atoms with Gasteiger partial charge in [0, 0.05) is 17.8 Å². The predicted molar refractivity (Wildman–Crippen MR) is 97.5 cm³/mol. The molecule has 2 heterocycles. The molecule has 0 aliphatic carbocycles. The van der Waals surface area contributed by atoms with Crippen molar-refractivity contribution in [1.82, 2.24) is 14.6 Å². The average Bonchev–Trinajstić information content (AvgIpc) is 3.08. The highest BCUT2D eigenvalue weighted by molar-refractivity contribution is 5.64.